The molecule has 0 aliphatic heterocycles. The highest BCUT2D eigenvalue weighted by atomic mass is 32.2. The van der Waals surface area contributed by atoms with Gasteiger partial charge in [0.1, 0.15) is 18.4 Å². The molecule has 3 aromatic rings. The summed E-state index contributed by atoms with van der Waals surface area (Å²) in [5, 5.41) is 2.76. The summed E-state index contributed by atoms with van der Waals surface area (Å²) in [6, 6.07) is 19.6. The Labute approximate surface area is 218 Å². The number of carbonyl (C=O) groups excluding carboxylic acids is 2. The second-order valence-electron chi connectivity index (χ2n) is 8.63. The fourth-order valence-corrected chi connectivity index (χ4v) is 5.38. The summed E-state index contributed by atoms with van der Waals surface area (Å²) < 4.78 is 42.0. The van der Waals surface area contributed by atoms with Gasteiger partial charge in [0.25, 0.3) is 10.0 Å². The maximum atomic E-state index is 13.8. The number of sulfonamides is 1. The van der Waals surface area contributed by atoms with E-state index in [-0.39, 0.29) is 23.0 Å². The lowest BCUT2D eigenvalue weighted by atomic mass is 10.1. The fraction of sp³-hybridized carbons (Fsp3) is 0.286. The summed E-state index contributed by atoms with van der Waals surface area (Å²) in [5.74, 6) is -1.40. The van der Waals surface area contributed by atoms with E-state index < -0.39 is 34.3 Å². The molecule has 196 valence electrons. The van der Waals surface area contributed by atoms with Crippen molar-refractivity contribution in [3.05, 3.63) is 95.8 Å². The summed E-state index contributed by atoms with van der Waals surface area (Å²) in [7, 11) is -4.19. The molecule has 0 radical (unpaired) electrons. The molecule has 0 fully saturated rings. The Morgan fingerprint density at radius 2 is 1.54 bits per heavy atom. The lowest BCUT2D eigenvalue weighted by molar-refractivity contribution is -0.140. The van der Waals surface area contributed by atoms with Gasteiger partial charge in [-0.15, -0.1) is 0 Å². The highest BCUT2D eigenvalue weighted by Crippen LogP contribution is 2.25. The molecule has 0 saturated carbocycles. The number of hydrogen-bond donors (Lipinski definition) is 1. The molecular formula is C28H32FN3O4S. The van der Waals surface area contributed by atoms with Crippen molar-refractivity contribution in [1.29, 1.82) is 0 Å². The first-order valence-electron chi connectivity index (χ1n) is 12.1. The molecule has 0 aliphatic carbocycles. The lowest BCUT2D eigenvalue weighted by Crippen LogP contribution is -2.52. The number of carbonyl (C=O) groups is 2. The Kier molecular flexibility index (Phi) is 9.41. The van der Waals surface area contributed by atoms with Gasteiger partial charge in [-0.25, -0.2) is 12.8 Å². The third kappa shape index (κ3) is 6.95. The zero-order chi connectivity index (χ0) is 27.0. The van der Waals surface area contributed by atoms with Gasteiger partial charge in [-0.3, -0.25) is 13.9 Å². The van der Waals surface area contributed by atoms with Gasteiger partial charge in [0.2, 0.25) is 11.8 Å². The first-order valence-corrected chi connectivity index (χ1v) is 13.6. The van der Waals surface area contributed by atoms with E-state index in [1.807, 2.05) is 37.3 Å². The minimum absolute atomic E-state index is 0.000557. The van der Waals surface area contributed by atoms with Crippen molar-refractivity contribution < 1.29 is 22.4 Å². The Morgan fingerprint density at radius 3 is 2.11 bits per heavy atom. The molecule has 0 saturated heterocycles. The number of amides is 2. The number of rotatable bonds is 11. The zero-order valence-corrected chi connectivity index (χ0v) is 22.0. The van der Waals surface area contributed by atoms with E-state index in [4.69, 9.17) is 0 Å². The van der Waals surface area contributed by atoms with Crippen LogP contribution in [0.25, 0.3) is 0 Å². The molecule has 7 nitrogen and oxygen atoms in total. The van der Waals surface area contributed by atoms with Crippen LogP contribution in [0, 0.1) is 12.7 Å². The number of benzene rings is 3. The molecule has 3 rings (SSSR count). The number of anilines is 1. The number of halogens is 1. The molecule has 1 atom stereocenters. The van der Waals surface area contributed by atoms with Crippen molar-refractivity contribution in [1.82, 2.24) is 10.2 Å². The molecule has 2 amide bonds. The van der Waals surface area contributed by atoms with E-state index in [1.54, 1.807) is 26.0 Å². The Balaban J connectivity index is 2.04. The summed E-state index contributed by atoms with van der Waals surface area (Å²) in [4.78, 5) is 28.1. The monoisotopic (exact) mass is 525 g/mol. The molecule has 37 heavy (non-hydrogen) atoms. The van der Waals surface area contributed by atoms with Crippen molar-refractivity contribution in [2.75, 3.05) is 17.4 Å². The smallest absolute Gasteiger partial charge is 0.264 e. The van der Waals surface area contributed by atoms with Crippen molar-refractivity contribution in [2.45, 2.75) is 44.7 Å². The number of nitrogens with zero attached hydrogens (tertiary/aromatic N) is 2. The summed E-state index contributed by atoms with van der Waals surface area (Å²) >= 11 is 0. The highest BCUT2D eigenvalue weighted by Gasteiger charge is 2.33. The second kappa shape index (κ2) is 12.5. The Morgan fingerprint density at radius 1 is 0.919 bits per heavy atom. The normalized spacial score (nSPS) is 12.0. The maximum absolute atomic E-state index is 13.8. The van der Waals surface area contributed by atoms with E-state index >= 15 is 0 Å². The molecule has 3 aromatic carbocycles. The van der Waals surface area contributed by atoms with Crippen LogP contribution in [0.3, 0.4) is 0 Å². The van der Waals surface area contributed by atoms with Gasteiger partial charge in [0.05, 0.1) is 10.6 Å². The molecule has 0 aliphatic rings. The van der Waals surface area contributed by atoms with Crippen LogP contribution in [0.15, 0.2) is 83.8 Å². The van der Waals surface area contributed by atoms with Gasteiger partial charge in [0, 0.05) is 13.1 Å². The molecular weight excluding hydrogens is 493 g/mol. The SMILES string of the molecule is CCNC(=O)[C@H](CC)N(Cc1ccccc1)C(=O)CN(c1ccc(F)cc1)S(=O)(=O)c1ccc(C)cc1. The molecule has 9 heteroatoms. The zero-order valence-electron chi connectivity index (χ0n) is 21.2. The van der Waals surface area contributed by atoms with E-state index in [9.17, 15) is 22.4 Å². The minimum atomic E-state index is -4.19. The van der Waals surface area contributed by atoms with E-state index in [0.29, 0.717) is 13.0 Å². The van der Waals surface area contributed by atoms with E-state index in [0.717, 1.165) is 27.6 Å². The molecule has 0 heterocycles. The van der Waals surface area contributed by atoms with E-state index in [2.05, 4.69) is 5.32 Å². The first-order chi connectivity index (χ1) is 17.7. The topological polar surface area (TPSA) is 86.8 Å². The largest absolute Gasteiger partial charge is 0.355 e. The molecule has 1 N–H and O–H groups in total. The number of hydrogen-bond acceptors (Lipinski definition) is 4. The average molecular weight is 526 g/mol. The van der Waals surface area contributed by atoms with Crippen molar-refractivity contribution >= 4 is 27.5 Å². The fourth-order valence-electron chi connectivity index (χ4n) is 3.97. The van der Waals surface area contributed by atoms with Crippen molar-refractivity contribution in [3.63, 3.8) is 0 Å². The van der Waals surface area contributed by atoms with Crippen LogP contribution in [0.4, 0.5) is 10.1 Å². The predicted octanol–water partition coefficient (Wildman–Crippen LogP) is 4.27. The summed E-state index contributed by atoms with van der Waals surface area (Å²) in [6.07, 6.45) is 0.339. The third-order valence-electron chi connectivity index (χ3n) is 5.94. The van der Waals surface area contributed by atoms with Gasteiger partial charge >= 0.3 is 0 Å². The number of aryl methyl sites for hydroxylation is 1. The predicted molar refractivity (Wildman–Crippen MR) is 142 cm³/mol. The highest BCUT2D eigenvalue weighted by molar-refractivity contribution is 7.92. The third-order valence-corrected chi connectivity index (χ3v) is 7.72. The molecule has 0 bridgehead atoms. The number of likely N-dealkylation sites (N-methyl/N-ethyl adjacent to an activating group) is 1. The summed E-state index contributed by atoms with van der Waals surface area (Å²) in [6.45, 7) is 5.38. The van der Waals surface area contributed by atoms with Gasteiger partial charge in [0.15, 0.2) is 0 Å². The molecule has 0 unspecified atom stereocenters. The van der Waals surface area contributed by atoms with Crippen LogP contribution >= 0.6 is 0 Å². The van der Waals surface area contributed by atoms with Crippen LogP contribution in [-0.4, -0.2) is 44.3 Å². The quantitative estimate of drug-likeness (QED) is 0.405. The van der Waals surface area contributed by atoms with Gasteiger partial charge in [-0.2, -0.15) is 0 Å². The van der Waals surface area contributed by atoms with Crippen LogP contribution in [0.5, 0.6) is 0 Å². The van der Waals surface area contributed by atoms with Gasteiger partial charge in [-0.05, 0) is 62.2 Å². The van der Waals surface area contributed by atoms with Crippen molar-refractivity contribution in [3.8, 4) is 0 Å². The van der Waals surface area contributed by atoms with Gasteiger partial charge < -0.3 is 10.2 Å². The minimum Gasteiger partial charge on any atom is -0.355 e. The second-order valence-corrected chi connectivity index (χ2v) is 10.5. The van der Waals surface area contributed by atoms with Crippen LogP contribution in [-0.2, 0) is 26.2 Å². The molecule has 0 spiro atoms. The molecule has 0 aromatic heterocycles. The lowest BCUT2D eigenvalue weighted by Gasteiger charge is -2.33. The Bertz CT molecular complexity index is 1300. The Hall–Kier alpha value is -3.72. The standard InChI is InChI=1S/C28H32FN3O4S/c1-4-26(28(34)30-5-2)31(19-22-9-7-6-8-10-22)27(33)20-32(24-15-13-23(29)14-16-24)37(35,36)25-17-11-21(3)12-18-25/h6-18,26H,4-5,19-20H2,1-3H3,(H,30,34)/t26-/m0/s1. The van der Waals surface area contributed by atoms with Crippen LogP contribution in [0.2, 0.25) is 0 Å². The van der Waals surface area contributed by atoms with Crippen molar-refractivity contribution in [2.24, 2.45) is 0 Å². The maximum Gasteiger partial charge on any atom is 0.264 e. The van der Waals surface area contributed by atoms with Gasteiger partial charge in [-0.1, -0.05) is 55.0 Å². The number of nitrogens with one attached hydrogen (secondary N) is 1. The first kappa shape index (κ1) is 27.9. The van der Waals surface area contributed by atoms with E-state index in [1.165, 1.54) is 29.2 Å². The van der Waals surface area contributed by atoms with Crippen LogP contribution < -0.4 is 9.62 Å². The average Bonchev–Trinajstić information content (AvgIpc) is 2.88. The van der Waals surface area contributed by atoms with Crippen LogP contribution in [0.1, 0.15) is 31.4 Å². The summed E-state index contributed by atoms with van der Waals surface area (Å²) in [5.41, 5.74) is 1.82.